The van der Waals surface area contributed by atoms with Crippen molar-refractivity contribution in [3.8, 4) is 5.75 Å². The maximum absolute atomic E-state index is 12.3. The highest BCUT2D eigenvalue weighted by molar-refractivity contribution is 6.31. The van der Waals surface area contributed by atoms with Gasteiger partial charge in [0, 0.05) is 21.2 Å². The van der Waals surface area contributed by atoms with Crippen LogP contribution in [0.5, 0.6) is 5.75 Å². The molecule has 4 nitrogen and oxygen atoms in total. The van der Waals surface area contributed by atoms with E-state index in [9.17, 15) is 4.79 Å². The first-order valence-electron chi connectivity index (χ1n) is 8.59. The molecule has 1 N–H and O–H groups in total. The summed E-state index contributed by atoms with van der Waals surface area (Å²) in [5, 5.41) is 5.27. The van der Waals surface area contributed by atoms with Crippen LogP contribution in [0, 0.1) is 6.92 Å². The van der Waals surface area contributed by atoms with Crippen molar-refractivity contribution < 1.29 is 9.53 Å². The van der Waals surface area contributed by atoms with Crippen molar-refractivity contribution in [3.63, 3.8) is 0 Å². The number of halogens is 2. The average molecular weight is 413 g/mol. The Morgan fingerprint density at radius 2 is 1.75 bits per heavy atom. The Morgan fingerprint density at radius 3 is 2.50 bits per heavy atom. The number of nitrogens with one attached hydrogen (secondary N) is 1. The van der Waals surface area contributed by atoms with Crippen molar-refractivity contribution in [1.29, 1.82) is 0 Å². The van der Waals surface area contributed by atoms with Gasteiger partial charge in [0.1, 0.15) is 12.4 Å². The predicted octanol–water partition coefficient (Wildman–Crippen LogP) is 5.64. The first-order chi connectivity index (χ1) is 13.5. The summed E-state index contributed by atoms with van der Waals surface area (Å²) < 4.78 is 5.87. The zero-order valence-electron chi connectivity index (χ0n) is 15.2. The summed E-state index contributed by atoms with van der Waals surface area (Å²) in [4.78, 5) is 12.3. The fourth-order valence-electron chi connectivity index (χ4n) is 2.54. The van der Waals surface area contributed by atoms with E-state index in [0.29, 0.717) is 33.5 Å². The Balaban J connectivity index is 1.69. The van der Waals surface area contributed by atoms with Gasteiger partial charge in [-0.15, -0.1) is 0 Å². The van der Waals surface area contributed by atoms with Crippen LogP contribution in [0.3, 0.4) is 0 Å². The van der Waals surface area contributed by atoms with E-state index in [1.54, 1.807) is 24.3 Å². The third-order valence-corrected chi connectivity index (χ3v) is 4.53. The summed E-state index contributed by atoms with van der Waals surface area (Å²) in [5.74, 6) is 0.327. The molecule has 3 aromatic carbocycles. The van der Waals surface area contributed by atoms with Crippen LogP contribution in [0.25, 0.3) is 0 Å². The summed E-state index contributed by atoms with van der Waals surface area (Å²) in [6.07, 6.45) is 1.51. The van der Waals surface area contributed by atoms with E-state index in [1.165, 1.54) is 6.21 Å². The Kier molecular flexibility index (Phi) is 6.69. The van der Waals surface area contributed by atoms with Crippen molar-refractivity contribution in [3.05, 3.63) is 99.0 Å². The fraction of sp³-hybridized carbons (Fsp3) is 0.0909. The van der Waals surface area contributed by atoms with Gasteiger partial charge < -0.3 is 4.74 Å². The summed E-state index contributed by atoms with van der Waals surface area (Å²) in [6.45, 7) is 2.24. The molecule has 3 aromatic rings. The van der Waals surface area contributed by atoms with E-state index in [4.69, 9.17) is 27.9 Å². The molecule has 0 saturated heterocycles. The number of aryl methyl sites for hydroxylation is 1. The standard InChI is InChI=1S/C22H18Cl2N2O2/c1-15-4-2-3-5-20(15)22(27)26-25-13-17-12-19(24)10-11-21(17)28-14-16-6-8-18(23)9-7-16/h2-13H,14H2,1H3,(H,26,27)/b25-13-. The molecule has 0 aliphatic heterocycles. The minimum absolute atomic E-state index is 0.278. The van der Waals surface area contributed by atoms with Crippen LogP contribution in [0.2, 0.25) is 10.0 Å². The number of carbonyl (C=O) groups is 1. The number of rotatable bonds is 6. The van der Waals surface area contributed by atoms with Gasteiger partial charge in [-0.1, -0.05) is 53.5 Å². The van der Waals surface area contributed by atoms with E-state index < -0.39 is 0 Å². The SMILES string of the molecule is Cc1ccccc1C(=O)N/N=C\c1cc(Cl)ccc1OCc1ccc(Cl)cc1. The second-order valence-corrected chi connectivity index (χ2v) is 6.98. The van der Waals surface area contributed by atoms with E-state index in [-0.39, 0.29) is 5.91 Å². The van der Waals surface area contributed by atoms with E-state index in [1.807, 2.05) is 49.4 Å². The number of amides is 1. The molecular weight excluding hydrogens is 395 g/mol. The molecular formula is C22H18Cl2N2O2. The molecule has 1 amide bonds. The molecule has 0 fully saturated rings. The van der Waals surface area contributed by atoms with E-state index in [2.05, 4.69) is 10.5 Å². The molecule has 0 unspecified atom stereocenters. The number of hydrogen-bond donors (Lipinski definition) is 1. The lowest BCUT2D eigenvalue weighted by Crippen LogP contribution is -2.18. The third-order valence-electron chi connectivity index (χ3n) is 4.04. The topological polar surface area (TPSA) is 50.7 Å². The highest BCUT2D eigenvalue weighted by atomic mass is 35.5. The maximum Gasteiger partial charge on any atom is 0.271 e. The van der Waals surface area contributed by atoms with Gasteiger partial charge in [0.25, 0.3) is 5.91 Å². The second kappa shape index (κ2) is 9.40. The first-order valence-corrected chi connectivity index (χ1v) is 9.34. The van der Waals surface area contributed by atoms with Gasteiger partial charge in [-0.25, -0.2) is 5.43 Å². The molecule has 28 heavy (non-hydrogen) atoms. The second-order valence-electron chi connectivity index (χ2n) is 6.11. The van der Waals surface area contributed by atoms with Crippen LogP contribution >= 0.6 is 23.2 Å². The summed E-state index contributed by atoms with van der Waals surface area (Å²) in [7, 11) is 0. The molecule has 0 aliphatic carbocycles. The lowest BCUT2D eigenvalue weighted by Gasteiger charge is -2.10. The summed E-state index contributed by atoms with van der Waals surface area (Å²) in [6, 6.07) is 20.0. The third kappa shape index (κ3) is 5.35. The number of hydrogen-bond acceptors (Lipinski definition) is 3. The number of ether oxygens (including phenoxy) is 1. The van der Waals surface area contributed by atoms with Crippen molar-refractivity contribution in [2.45, 2.75) is 13.5 Å². The van der Waals surface area contributed by atoms with Gasteiger partial charge in [-0.3, -0.25) is 4.79 Å². The van der Waals surface area contributed by atoms with Gasteiger partial charge in [-0.05, 0) is 54.4 Å². The largest absolute Gasteiger partial charge is 0.488 e. The normalized spacial score (nSPS) is 10.8. The summed E-state index contributed by atoms with van der Waals surface area (Å²) in [5.41, 5.74) is 5.63. The molecule has 0 heterocycles. The predicted molar refractivity (Wildman–Crippen MR) is 113 cm³/mol. The van der Waals surface area contributed by atoms with Crippen molar-refractivity contribution in [2.75, 3.05) is 0 Å². The molecule has 0 spiro atoms. The van der Waals surface area contributed by atoms with Crippen molar-refractivity contribution in [2.24, 2.45) is 5.10 Å². The van der Waals surface area contributed by atoms with Gasteiger partial charge in [0.2, 0.25) is 0 Å². The van der Waals surface area contributed by atoms with Gasteiger partial charge in [0.05, 0.1) is 6.21 Å². The van der Waals surface area contributed by atoms with Crippen LogP contribution in [0.15, 0.2) is 71.8 Å². The molecule has 0 saturated carbocycles. The van der Waals surface area contributed by atoms with Gasteiger partial charge >= 0.3 is 0 Å². The molecule has 0 aromatic heterocycles. The van der Waals surface area contributed by atoms with E-state index >= 15 is 0 Å². The highest BCUT2D eigenvalue weighted by Gasteiger charge is 2.07. The van der Waals surface area contributed by atoms with Crippen molar-refractivity contribution >= 4 is 35.3 Å². The van der Waals surface area contributed by atoms with Crippen LogP contribution in [-0.2, 0) is 6.61 Å². The van der Waals surface area contributed by atoms with Crippen LogP contribution < -0.4 is 10.2 Å². The fourth-order valence-corrected chi connectivity index (χ4v) is 2.85. The Hall–Kier alpha value is -2.82. The minimum atomic E-state index is -0.278. The first kappa shape index (κ1) is 19.9. The van der Waals surface area contributed by atoms with Crippen LogP contribution in [0.4, 0.5) is 0 Å². The average Bonchev–Trinajstić information content (AvgIpc) is 2.69. The lowest BCUT2D eigenvalue weighted by molar-refractivity contribution is 0.0954. The summed E-state index contributed by atoms with van der Waals surface area (Å²) >= 11 is 12.0. The lowest BCUT2D eigenvalue weighted by atomic mass is 10.1. The zero-order chi connectivity index (χ0) is 19.9. The Bertz CT molecular complexity index is 1000. The molecule has 142 valence electrons. The molecule has 0 aliphatic rings. The zero-order valence-corrected chi connectivity index (χ0v) is 16.7. The Morgan fingerprint density at radius 1 is 1.04 bits per heavy atom. The number of benzene rings is 3. The minimum Gasteiger partial charge on any atom is -0.488 e. The Labute approximate surface area is 173 Å². The molecule has 0 bridgehead atoms. The number of nitrogens with zero attached hydrogens (tertiary/aromatic N) is 1. The van der Waals surface area contributed by atoms with Crippen LogP contribution in [-0.4, -0.2) is 12.1 Å². The highest BCUT2D eigenvalue weighted by Crippen LogP contribution is 2.23. The molecule has 0 radical (unpaired) electrons. The van der Waals surface area contributed by atoms with E-state index in [0.717, 1.165) is 11.1 Å². The maximum atomic E-state index is 12.3. The van der Waals surface area contributed by atoms with Gasteiger partial charge in [-0.2, -0.15) is 5.10 Å². The molecule has 3 rings (SSSR count). The van der Waals surface area contributed by atoms with Crippen molar-refractivity contribution in [1.82, 2.24) is 5.43 Å². The number of carbonyl (C=O) groups excluding carboxylic acids is 1. The molecule has 0 atom stereocenters. The smallest absolute Gasteiger partial charge is 0.271 e. The quantitative estimate of drug-likeness (QED) is 0.420. The van der Waals surface area contributed by atoms with Gasteiger partial charge in [0.15, 0.2) is 0 Å². The van der Waals surface area contributed by atoms with Crippen LogP contribution in [0.1, 0.15) is 27.0 Å². The number of hydrazone groups is 1. The monoisotopic (exact) mass is 412 g/mol. The molecule has 6 heteroatoms.